The fourth-order valence-corrected chi connectivity index (χ4v) is 2.30. The zero-order valence-electron chi connectivity index (χ0n) is 13.7. The lowest BCUT2D eigenvalue weighted by molar-refractivity contribution is -0.137. The van der Waals surface area contributed by atoms with Crippen molar-refractivity contribution in [3.63, 3.8) is 0 Å². The van der Waals surface area contributed by atoms with Crippen LogP contribution < -0.4 is 0 Å². The number of hydrogen-bond acceptors (Lipinski definition) is 3. The van der Waals surface area contributed by atoms with Crippen LogP contribution in [-0.4, -0.2) is 31.3 Å². The lowest BCUT2D eigenvalue weighted by Crippen LogP contribution is -2.15. The largest absolute Gasteiger partial charge is 0.476 e. The van der Waals surface area contributed by atoms with Crippen LogP contribution in [0.25, 0.3) is 0 Å². The Morgan fingerprint density at radius 3 is 2.31 bits per heavy atom. The molecule has 2 N–H and O–H groups in total. The highest BCUT2D eigenvalue weighted by molar-refractivity contribution is 6.28. The highest BCUT2D eigenvalue weighted by atomic mass is 35.5. The van der Waals surface area contributed by atoms with Crippen LogP contribution in [0.4, 0.5) is 13.2 Å². The summed E-state index contributed by atoms with van der Waals surface area (Å²) in [7, 11) is 0. The second-order valence-corrected chi connectivity index (χ2v) is 6.31. The molecule has 0 aliphatic rings. The Bertz CT molecular complexity index is 885. The van der Waals surface area contributed by atoms with E-state index >= 15 is 0 Å². The fourth-order valence-electron chi connectivity index (χ4n) is 2.07. The minimum Gasteiger partial charge on any atom is -0.476 e. The summed E-state index contributed by atoms with van der Waals surface area (Å²) in [5.41, 5.74) is -2.22. The summed E-state index contributed by atoms with van der Waals surface area (Å²) < 4.78 is 39.0. The minimum atomic E-state index is -4.46. The molecule has 0 fully saturated rings. The van der Waals surface area contributed by atoms with Crippen molar-refractivity contribution in [3.8, 4) is 11.8 Å². The molecule has 2 rings (SSSR count). The normalized spacial score (nSPS) is 11.8. The lowest BCUT2D eigenvalue weighted by atomic mass is 10.1. The second kappa shape index (κ2) is 7.02. The number of nitrogens with zero attached hydrogens (tertiary/aromatic N) is 2. The monoisotopic (exact) mass is 386 g/mol. The summed E-state index contributed by atoms with van der Waals surface area (Å²) in [4.78, 5) is 15.4. The maximum atomic E-state index is 12.6. The van der Waals surface area contributed by atoms with Crippen LogP contribution in [0.2, 0.25) is 5.28 Å². The van der Waals surface area contributed by atoms with E-state index in [2.05, 4.69) is 16.8 Å². The molecule has 0 saturated heterocycles. The molecule has 0 bridgehead atoms. The first-order valence-corrected chi connectivity index (χ1v) is 7.67. The third kappa shape index (κ3) is 4.77. The van der Waals surface area contributed by atoms with Gasteiger partial charge in [-0.1, -0.05) is 18.1 Å². The first-order chi connectivity index (χ1) is 11.9. The average molecular weight is 387 g/mol. The number of hydrogen-bond donors (Lipinski definition) is 2. The first-order valence-electron chi connectivity index (χ1n) is 7.29. The molecule has 0 radical (unpaired) electrons. The van der Waals surface area contributed by atoms with E-state index in [0.29, 0.717) is 5.56 Å². The maximum Gasteiger partial charge on any atom is 0.416 e. The molecule has 1 heterocycles. The van der Waals surface area contributed by atoms with E-state index in [1.54, 1.807) is 0 Å². The van der Waals surface area contributed by atoms with Crippen molar-refractivity contribution in [1.82, 2.24) is 9.55 Å². The number of aromatic nitrogens is 2. The summed E-state index contributed by atoms with van der Waals surface area (Å²) in [6, 6.07) is 4.26. The molecule has 138 valence electrons. The van der Waals surface area contributed by atoms with E-state index in [1.807, 2.05) is 0 Å². The third-order valence-electron chi connectivity index (χ3n) is 3.23. The Morgan fingerprint density at radius 1 is 1.27 bits per heavy atom. The number of carboxylic acids is 1. The second-order valence-electron chi connectivity index (χ2n) is 5.97. The van der Waals surface area contributed by atoms with Crippen LogP contribution in [-0.2, 0) is 12.7 Å². The van der Waals surface area contributed by atoms with Crippen molar-refractivity contribution in [3.05, 3.63) is 52.1 Å². The van der Waals surface area contributed by atoms with Crippen molar-refractivity contribution in [1.29, 1.82) is 0 Å². The standard InChI is InChI=1S/C17H14ClF3N2O3/c1-16(2,26)8-7-12-13(14(24)25)23(15(18)22-12)9-10-3-5-11(6-4-10)17(19,20)21/h3-6,26H,9H2,1-2H3,(H,24,25). The molecular formula is C17H14ClF3N2O3. The van der Waals surface area contributed by atoms with Crippen LogP contribution in [0.5, 0.6) is 0 Å². The van der Waals surface area contributed by atoms with Crippen LogP contribution in [0.15, 0.2) is 24.3 Å². The van der Waals surface area contributed by atoms with Gasteiger partial charge in [0.1, 0.15) is 11.3 Å². The minimum absolute atomic E-state index is 0.101. The number of benzene rings is 1. The van der Waals surface area contributed by atoms with E-state index in [9.17, 15) is 28.2 Å². The smallest absolute Gasteiger partial charge is 0.416 e. The number of aromatic carboxylic acids is 1. The van der Waals surface area contributed by atoms with E-state index in [0.717, 1.165) is 16.7 Å². The lowest BCUT2D eigenvalue weighted by Gasteiger charge is -2.10. The quantitative estimate of drug-likeness (QED) is 0.792. The Kier molecular flexibility index (Phi) is 5.35. The molecule has 0 saturated carbocycles. The summed E-state index contributed by atoms with van der Waals surface area (Å²) in [5, 5.41) is 18.9. The van der Waals surface area contributed by atoms with E-state index < -0.39 is 23.3 Å². The fraction of sp³-hybridized carbons (Fsp3) is 0.294. The Labute approximate surface area is 152 Å². The Morgan fingerprint density at radius 2 is 1.85 bits per heavy atom. The molecule has 0 unspecified atom stereocenters. The molecule has 2 aromatic rings. The molecular weight excluding hydrogens is 373 g/mol. The van der Waals surface area contributed by atoms with Gasteiger partial charge in [-0.25, -0.2) is 9.78 Å². The number of alkyl halides is 3. The molecule has 5 nitrogen and oxygen atoms in total. The van der Waals surface area contributed by atoms with E-state index in [-0.39, 0.29) is 23.2 Å². The average Bonchev–Trinajstić information content (AvgIpc) is 2.80. The molecule has 0 aliphatic carbocycles. The number of carbonyl (C=O) groups is 1. The third-order valence-corrected chi connectivity index (χ3v) is 3.52. The number of rotatable bonds is 3. The van der Waals surface area contributed by atoms with Crippen LogP contribution >= 0.6 is 11.6 Å². The molecule has 0 spiro atoms. The molecule has 0 amide bonds. The Balaban J connectivity index is 2.42. The predicted octanol–water partition coefficient (Wildman–Crippen LogP) is 3.42. The van der Waals surface area contributed by atoms with Gasteiger partial charge in [0, 0.05) is 0 Å². The highest BCUT2D eigenvalue weighted by Crippen LogP contribution is 2.29. The molecule has 1 aromatic carbocycles. The molecule has 0 aliphatic heterocycles. The van der Waals surface area contributed by atoms with Gasteiger partial charge in [-0.15, -0.1) is 0 Å². The SMILES string of the molecule is CC(C)(O)C#Cc1nc(Cl)n(Cc2ccc(C(F)(F)F)cc2)c1C(=O)O. The van der Waals surface area contributed by atoms with Crippen molar-refractivity contribution in [2.45, 2.75) is 32.2 Å². The molecule has 1 aromatic heterocycles. The zero-order chi connectivity index (χ0) is 19.7. The Hall–Kier alpha value is -2.50. The summed E-state index contributed by atoms with van der Waals surface area (Å²) in [5.74, 6) is 3.56. The summed E-state index contributed by atoms with van der Waals surface area (Å²) in [6.45, 7) is 2.73. The van der Waals surface area contributed by atoms with Crippen molar-refractivity contribution >= 4 is 17.6 Å². The topological polar surface area (TPSA) is 75.4 Å². The number of carboxylic acid groups (broad SMARTS) is 1. The summed E-state index contributed by atoms with van der Waals surface area (Å²) in [6.07, 6.45) is -4.46. The summed E-state index contributed by atoms with van der Waals surface area (Å²) >= 11 is 5.98. The van der Waals surface area contributed by atoms with Gasteiger partial charge in [-0.3, -0.25) is 0 Å². The zero-order valence-corrected chi connectivity index (χ0v) is 14.5. The highest BCUT2D eigenvalue weighted by Gasteiger charge is 2.30. The van der Waals surface area contributed by atoms with Gasteiger partial charge in [0.15, 0.2) is 5.69 Å². The molecule has 0 atom stereocenters. The van der Waals surface area contributed by atoms with Crippen LogP contribution in [0.1, 0.15) is 41.2 Å². The van der Waals surface area contributed by atoms with Gasteiger partial charge in [-0.05, 0) is 49.1 Å². The van der Waals surface area contributed by atoms with Gasteiger partial charge in [-0.2, -0.15) is 13.2 Å². The van der Waals surface area contributed by atoms with Crippen LogP contribution in [0.3, 0.4) is 0 Å². The van der Waals surface area contributed by atoms with Crippen molar-refractivity contribution in [2.24, 2.45) is 0 Å². The molecule has 26 heavy (non-hydrogen) atoms. The van der Waals surface area contributed by atoms with Crippen LogP contribution in [0, 0.1) is 11.8 Å². The van der Waals surface area contributed by atoms with Gasteiger partial charge < -0.3 is 14.8 Å². The number of imidazole rings is 1. The number of halogens is 4. The van der Waals surface area contributed by atoms with E-state index in [4.69, 9.17) is 11.6 Å². The maximum absolute atomic E-state index is 12.6. The van der Waals surface area contributed by atoms with Gasteiger partial charge in [0.05, 0.1) is 12.1 Å². The predicted molar refractivity (Wildman–Crippen MR) is 87.9 cm³/mol. The van der Waals surface area contributed by atoms with Gasteiger partial charge in [0.2, 0.25) is 5.28 Å². The van der Waals surface area contributed by atoms with Crippen molar-refractivity contribution < 1.29 is 28.2 Å². The van der Waals surface area contributed by atoms with E-state index in [1.165, 1.54) is 26.0 Å². The number of aliphatic hydroxyl groups is 1. The molecule has 9 heteroatoms. The first kappa shape index (κ1) is 19.8. The van der Waals surface area contributed by atoms with Gasteiger partial charge >= 0.3 is 12.1 Å². The van der Waals surface area contributed by atoms with Crippen molar-refractivity contribution in [2.75, 3.05) is 0 Å². The van der Waals surface area contributed by atoms with Gasteiger partial charge in [0.25, 0.3) is 0 Å².